The summed E-state index contributed by atoms with van der Waals surface area (Å²) in [5.41, 5.74) is 5.01. The van der Waals surface area contributed by atoms with E-state index in [1.807, 2.05) is 24.3 Å². The number of esters is 1. The number of carbonyl (C=O) groups excluding carboxylic acids is 1. The minimum absolute atomic E-state index is 0.352. The fourth-order valence-corrected chi connectivity index (χ4v) is 2.90. The molecule has 1 unspecified atom stereocenters. The third-order valence-electron chi connectivity index (χ3n) is 2.81. The summed E-state index contributed by atoms with van der Waals surface area (Å²) < 4.78 is 4.67. The Hall–Kier alpha value is -0.710. The van der Waals surface area contributed by atoms with Crippen LogP contribution in [0.2, 0.25) is 5.02 Å². The molecule has 0 amide bonds. The first-order chi connectivity index (χ1) is 8.95. The van der Waals surface area contributed by atoms with Crippen molar-refractivity contribution in [3.05, 3.63) is 29.3 Å². The molecule has 0 aliphatic heterocycles. The third kappa shape index (κ3) is 5.85. The van der Waals surface area contributed by atoms with Gasteiger partial charge in [0.25, 0.3) is 0 Å². The van der Waals surface area contributed by atoms with Gasteiger partial charge in [0.1, 0.15) is 5.54 Å². The van der Waals surface area contributed by atoms with Gasteiger partial charge in [0.2, 0.25) is 0 Å². The Labute approximate surface area is 123 Å². The highest BCUT2D eigenvalue weighted by atomic mass is 35.5. The standard InChI is InChI=1S/C14H20ClNO2S/c1-14(16,13(17)18-2)8-3-4-9-19-12-7-5-6-11(15)10-12/h5-7,10H,3-4,8-9,16H2,1-2H3. The van der Waals surface area contributed by atoms with Crippen LogP contribution >= 0.6 is 23.4 Å². The molecule has 0 aliphatic carbocycles. The van der Waals surface area contributed by atoms with Crippen LogP contribution in [0, 0.1) is 0 Å². The van der Waals surface area contributed by atoms with Crippen LogP contribution in [-0.4, -0.2) is 24.4 Å². The van der Waals surface area contributed by atoms with Crippen LogP contribution in [0.15, 0.2) is 29.2 Å². The zero-order chi connectivity index (χ0) is 14.3. The van der Waals surface area contributed by atoms with Crippen LogP contribution in [0.5, 0.6) is 0 Å². The van der Waals surface area contributed by atoms with Gasteiger partial charge in [0, 0.05) is 9.92 Å². The molecular formula is C14H20ClNO2S. The first-order valence-corrected chi connectivity index (χ1v) is 7.58. The van der Waals surface area contributed by atoms with Crippen molar-refractivity contribution in [1.82, 2.24) is 0 Å². The minimum Gasteiger partial charge on any atom is -0.468 e. The summed E-state index contributed by atoms with van der Waals surface area (Å²) in [7, 11) is 1.36. The molecule has 0 fully saturated rings. The number of unbranched alkanes of at least 4 members (excludes halogenated alkanes) is 1. The summed E-state index contributed by atoms with van der Waals surface area (Å²) >= 11 is 7.67. The number of halogens is 1. The zero-order valence-electron chi connectivity index (χ0n) is 11.3. The lowest BCUT2D eigenvalue weighted by molar-refractivity contribution is -0.146. The molecule has 0 aliphatic rings. The molecule has 3 nitrogen and oxygen atoms in total. The van der Waals surface area contributed by atoms with Gasteiger partial charge in [-0.1, -0.05) is 24.1 Å². The number of hydrogen-bond acceptors (Lipinski definition) is 4. The van der Waals surface area contributed by atoms with Gasteiger partial charge in [0.05, 0.1) is 7.11 Å². The number of carbonyl (C=O) groups is 1. The molecule has 2 N–H and O–H groups in total. The van der Waals surface area contributed by atoms with Gasteiger partial charge >= 0.3 is 5.97 Å². The van der Waals surface area contributed by atoms with E-state index in [2.05, 4.69) is 4.74 Å². The van der Waals surface area contributed by atoms with Crippen molar-refractivity contribution in [2.45, 2.75) is 36.6 Å². The van der Waals surface area contributed by atoms with Gasteiger partial charge in [-0.2, -0.15) is 0 Å². The predicted molar refractivity (Wildman–Crippen MR) is 80.6 cm³/mol. The number of nitrogens with two attached hydrogens (primary N) is 1. The minimum atomic E-state index is -0.879. The molecule has 0 bridgehead atoms. The molecule has 0 saturated heterocycles. The maximum Gasteiger partial charge on any atom is 0.325 e. The Kier molecular flexibility index (Phi) is 6.69. The van der Waals surface area contributed by atoms with E-state index in [0.29, 0.717) is 6.42 Å². The van der Waals surface area contributed by atoms with Crippen LogP contribution < -0.4 is 5.73 Å². The van der Waals surface area contributed by atoms with Crippen LogP contribution in [0.3, 0.4) is 0 Å². The van der Waals surface area contributed by atoms with Crippen molar-refractivity contribution in [2.75, 3.05) is 12.9 Å². The quantitative estimate of drug-likeness (QED) is 0.476. The molecule has 0 spiro atoms. The summed E-state index contributed by atoms with van der Waals surface area (Å²) in [5, 5.41) is 0.755. The van der Waals surface area contributed by atoms with Gasteiger partial charge < -0.3 is 10.5 Å². The second-order valence-corrected chi connectivity index (χ2v) is 6.28. The van der Waals surface area contributed by atoms with Crippen molar-refractivity contribution >= 4 is 29.3 Å². The molecule has 1 rings (SSSR count). The normalized spacial score (nSPS) is 13.9. The van der Waals surface area contributed by atoms with E-state index in [4.69, 9.17) is 17.3 Å². The first kappa shape index (κ1) is 16.3. The van der Waals surface area contributed by atoms with E-state index in [1.165, 1.54) is 7.11 Å². The number of hydrogen-bond donors (Lipinski definition) is 1. The lowest BCUT2D eigenvalue weighted by atomic mass is 9.97. The van der Waals surface area contributed by atoms with Crippen LogP contribution in [-0.2, 0) is 9.53 Å². The largest absolute Gasteiger partial charge is 0.468 e. The lowest BCUT2D eigenvalue weighted by Crippen LogP contribution is -2.45. The van der Waals surface area contributed by atoms with Gasteiger partial charge in [-0.3, -0.25) is 4.79 Å². The average Bonchev–Trinajstić information content (AvgIpc) is 2.37. The van der Waals surface area contributed by atoms with E-state index in [0.717, 1.165) is 28.5 Å². The average molecular weight is 302 g/mol. The van der Waals surface area contributed by atoms with Crippen molar-refractivity contribution < 1.29 is 9.53 Å². The predicted octanol–water partition coefficient (Wildman–Crippen LogP) is 3.49. The fraction of sp³-hybridized carbons (Fsp3) is 0.500. The Balaban J connectivity index is 2.23. The first-order valence-electron chi connectivity index (χ1n) is 6.21. The Morgan fingerprint density at radius 3 is 2.84 bits per heavy atom. The van der Waals surface area contributed by atoms with Gasteiger partial charge in [0.15, 0.2) is 0 Å². The van der Waals surface area contributed by atoms with Crippen LogP contribution in [0.25, 0.3) is 0 Å². The summed E-state index contributed by atoms with van der Waals surface area (Å²) in [6.45, 7) is 1.71. The Morgan fingerprint density at radius 1 is 1.47 bits per heavy atom. The summed E-state index contributed by atoms with van der Waals surface area (Å²) in [6.07, 6.45) is 2.53. The molecule has 1 aromatic carbocycles. The van der Waals surface area contributed by atoms with E-state index in [1.54, 1.807) is 18.7 Å². The fourth-order valence-electron chi connectivity index (χ4n) is 1.68. The van der Waals surface area contributed by atoms with E-state index in [9.17, 15) is 4.79 Å². The smallest absolute Gasteiger partial charge is 0.325 e. The van der Waals surface area contributed by atoms with Crippen molar-refractivity contribution in [3.8, 4) is 0 Å². The van der Waals surface area contributed by atoms with E-state index >= 15 is 0 Å². The topological polar surface area (TPSA) is 52.3 Å². The maximum atomic E-state index is 11.4. The third-order valence-corrected chi connectivity index (χ3v) is 4.12. The van der Waals surface area contributed by atoms with Gasteiger partial charge in [-0.15, -0.1) is 11.8 Å². The van der Waals surface area contributed by atoms with Crippen molar-refractivity contribution in [2.24, 2.45) is 5.73 Å². The highest BCUT2D eigenvalue weighted by Crippen LogP contribution is 2.23. The lowest BCUT2D eigenvalue weighted by Gasteiger charge is -2.20. The molecule has 106 valence electrons. The molecule has 0 heterocycles. The summed E-state index contributed by atoms with van der Waals surface area (Å²) in [6, 6.07) is 7.80. The van der Waals surface area contributed by atoms with Crippen molar-refractivity contribution in [1.29, 1.82) is 0 Å². The van der Waals surface area contributed by atoms with E-state index < -0.39 is 5.54 Å². The zero-order valence-corrected chi connectivity index (χ0v) is 12.9. The Bertz CT molecular complexity index is 424. The molecule has 19 heavy (non-hydrogen) atoms. The molecule has 0 aromatic heterocycles. The number of ether oxygens (including phenoxy) is 1. The number of methoxy groups -OCH3 is 1. The summed E-state index contributed by atoms with van der Waals surface area (Å²) in [4.78, 5) is 12.6. The number of benzene rings is 1. The monoisotopic (exact) mass is 301 g/mol. The highest BCUT2D eigenvalue weighted by molar-refractivity contribution is 7.99. The van der Waals surface area contributed by atoms with Crippen LogP contribution in [0.4, 0.5) is 0 Å². The van der Waals surface area contributed by atoms with Gasteiger partial charge in [-0.25, -0.2) is 0 Å². The number of rotatable bonds is 7. The SMILES string of the molecule is COC(=O)C(C)(N)CCCCSc1cccc(Cl)c1. The molecule has 1 atom stereocenters. The van der Waals surface area contributed by atoms with E-state index in [-0.39, 0.29) is 5.97 Å². The maximum absolute atomic E-state index is 11.4. The Morgan fingerprint density at radius 2 is 2.21 bits per heavy atom. The molecule has 0 radical (unpaired) electrons. The molecular weight excluding hydrogens is 282 g/mol. The molecule has 0 saturated carbocycles. The number of thioether (sulfide) groups is 1. The van der Waals surface area contributed by atoms with Gasteiger partial charge in [-0.05, 0) is 43.7 Å². The summed E-state index contributed by atoms with van der Waals surface area (Å²) in [5.74, 6) is 0.632. The van der Waals surface area contributed by atoms with Crippen LogP contribution in [0.1, 0.15) is 26.2 Å². The van der Waals surface area contributed by atoms with Crippen molar-refractivity contribution in [3.63, 3.8) is 0 Å². The second kappa shape index (κ2) is 7.78. The highest BCUT2D eigenvalue weighted by Gasteiger charge is 2.28. The molecule has 1 aromatic rings. The molecule has 5 heteroatoms. The second-order valence-electron chi connectivity index (χ2n) is 4.67.